The molecule has 8 heteroatoms. The number of nitrogens with two attached hydrogens (primary N) is 1. The number of halogens is 3. The van der Waals surface area contributed by atoms with Crippen molar-refractivity contribution in [3.05, 3.63) is 65.0 Å². The summed E-state index contributed by atoms with van der Waals surface area (Å²) in [6, 6.07) is 8.14. The van der Waals surface area contributed by atoms with Crippen molar-refractivity contribution in [1.29, 1.82) is 0 Å². The van der Waals surface area contributed by atoms with Crippen molar-refractivity contribution in [2.24, 2.45) is 5.73 Å². The van der Waals surface area contributed by atoms with Gasteiger partial charge in [-0.2, -0.15) is 8.78 Å². The summed E-state index contributed by atoms with van der Waals surface area (Å²) in [6.45, 7) is -1.58. The van der Waals surface area contributed by atoms with E-state index in [-0.39, 0.29) is 28.1 Å². The molecule has 2 aromatic rings. The van der Waals surface area contributed by atoms with Crippen LogP contribution in [0.25, 0.3) is 6.08 Å². The minimum atomic E-state index is -3.00. The second kappa shape index (κ2) is 8.19. The molecule has 0 aromatic heterocycles. The van der Waals surface area contributed by atoms with Crippen LogP contribution >= 0.6 is 0 Å². The van der Waals surface area contributed by atoms with Crippen molar-refractivity contribution in [3.8, 4) is 5.75 Å². The van der Waals surface area contributed by atoms with E-state index in [1.165, 1.54) is 37.3 Å². The van der Waals surface area contributed by atoms with Crippen LogP contribution in [0.3, 0.4) is 0 Å². The van der Waals surface area contributed by atoms with Crippen LogP contribution in [0.2, 0.25) is 0 Å². The van der Waals surface area contributed by atoms with Crippen molar-refractivity contribution in [2.75, 3.05) is 5.32 Å². The topological polar surface area (TPSA) is 81.4 Å². The molecular weight excluding hydrogens is 349 g/mol. The molecule has 3 N–H and O–H groups in total. The quantitative estimate of drug-likeness (QED) is 0.770. The van der Waals surface area contributed by atoms with Crippen LogP contribution in [0.15, 0.2) is 42.5 Å². The third-order valence-electron chi connectivity index (χ3n) is 3.44. The van der Waals surface area contributed by atoms with E-state index < -0.39 is 24.2 Å². The van der Waals surface area contributed by atoms with Crippen molar-refractivity contribution < 1.29 is 27.5 Å². The minimum absolute atomic E-state index is 0.0746. The Bertz CT molecular complexity index is 867. The number of amides is 2. The second-order valence-electron chi connectivity index (χ2n) is 5.23. The fraction of sp³-hybridized carbons (Fsp3) is 0.111. The molecule has 2 amide bonds. The van der Waals surface area contributed by atoms with E-state index in [9.17, 15) is 22.8 Å². The average molecular weight is 364 g/mol. The van der Waals surface area contributed by atoms with Crippen LogP contribution in [0.4, 0.5) is 18.9 Å². The summed E-state index contributed by atoms with van der Waals surface area (Å²) >= 11 is 0. The van der Waals surface area contributed by atoms with Gasteiger partial charge in [0.1, 0.15) is 11.6 Å². The van der Waals surface area contributed by atoms with Crippen LogP contribution in [0.5, 0.6) is 5.75 Å². The molecule has 2 aromatic carbocycles. The number of para-hydroxylation sites is 1. The second-order valence-corrected chi connectivity index (χ2v) is 5.23. The fourth-order valence-electron chi connectivity index (χ4n) is 2.11. The SMILES string of the molecule is Cc1c(F)cc(C(N)=O)cc1NC(=O)/C=C/c1ccccc1OC(F)F. The molecule has 0 unspecified atom stereocenters. The van der Waals surface area contributed by atoms with Gasteiger partial charge in [0.25, 0.3) is 0 Å². The van der Waals surface area contributed by atoms with E-state index in [0.717, 1.165) is 12.1 Å². The number of alkyl halides is 2. The Labute approximate surface area is 147 Å². The predicted octanol–water partition coefficient (Wildman–Crippen LogP) is 3.49. The molecule has 0 aliphatic carbocycles. The first kappa shape index (κ1) is 19.0. The molecule has 0 atom stereocenters. The maximum absolute atomic E-state index is 13.8. The highest BCUT2D eigenvalue weighted by Gasteiger charge is 2.12. The normalized spacial score (nSPS) is 11.0. The van der Waals surface area contributed by atoms with Gasteiger partial charge < -0.3 is 15.8 Å². The number of hydrogen-bond acceptors (Lipinski definition) is 3. The summed E-state index contributed by atoms with van der Waals surface area (Å²) in [5.74, 6) is -2.28. The molecule has 0 aliphatic heterocycles. The molecule has 0 radical (unpaired) electrons. The van der Waals surface area contributed by atoms with Gasteiger partial charge in [0.05, 0.1) is 0 Å². The first-order valence-corrected chi connectivity index (χ1v) is 7.40. The van der Waals surface area contributed by atoms with Gasteiger partial charge in [0, 0.05) is 28.5 Å². The lowest BCUT2D eigenvalue weighted by atomic mass is 10.1. The lowest BCUT2D eigenvalue weighted by molar-refractivity contribution is -0.111. The minimum Gasteiger partial charge on any atom is -0.434 e. The van der Waals surface area contributed by atoms with E-state index in [4.69, 9.17) is 5.73 Å². The third kappa shape index (κ3) is 4.85. The first-order chi connectivity index (χ1) is 12.3. The Balaban J connectivity index is 2.20. The van der Waals surface area contributed by atoms with Gasteiger partial charge in [-0.05, 0) is 31.2 Å². The van der Waals surface area contributed by atoms with Crippen LogP contribution in [0, 0.1) is 12.7 Å². The molecule has 0 bridgehead atoms. The molecule has 0 aliphatic rings. The van der Waals surface area contributed by atoms with Gasteiger partial charge >= 0.3 is 6.61 Å². The van der Waals surface area contributed by atoms with Crippen LogP contribution < -0.4 is 15.8 Å². The fourth-order valence-corrected chi connectivity index (χ4v) is 2.11. The van der Waals surface area contributed by atoms with Crippen LogP contribution in [0.1, 0.15) is 21.5 Å². The molecule has 136 valence electrons. The lowest BCUT2D eigenvalue weighted by Gasteiger charge is -2.10. The molecule has 0 spiro atoms. The number of ether oxygens (including phenoxy) is 1. The maximum atomic E-state index is 13.8. The van der Waals surface area contributed by atoms with E-state index in [2.05, 4.69) is 10.1 Å². The van der Waals surface area contributed by atoms with Gasteiger partial charge in [0.2, 0.25) is 11.8 Å². The Morgan fingerprint density at radius 3 is 2.58 bits per heavy atom. The summed E-state index contributed by atoms with van der Waals surface area (Å²) in [5.41, 5.74) is 5.48. The third-order valence-corrected chi connectivity index (χ3v) is 3.44. The highest BCUT2D eigenvalue weighted by atomic mass is 19.3. The molecule has 26 heavy (non-hydrogen) atoms. The standard InChI is InChI=1S/C18H15F3N2O3/c1-10-13(19)8-12(17(22)25)9-14(10)23-16(24)7-6-11-4-2-3-5-15(11)26-18(20)21/h2-9,18H,1H3,(H2,22,25)(H,23,24)/b7-6+. The highest BCUT2D eigenvalue weighted by molar-refractivity contribution is 6.03. The Morgan fingerprint density at radius 2 is 1.92 bits per heavy atom. The van der Waals surface area contributed by atoms with Crippen LogP contribution in [-0.4, -0.2) is 18.4 Å². The Hall–Kier alpha value is -3.29. The van der Waals surface area contributed by atoms with Gasteiger partial charge in [-0.15, -0.1) is 0 Å². The molecular formula is C18H15F3N2O3. The van der Waals surface area contributed by atoms with E-state index in [1.54, 1.807) is 6.07 Å². The predicted molar refractivity (Wildman–Crippen MR) is 90.4 cm³/mol. The molecule has 2 rings (SSSR count). The number of carbonyl (C=O) groups excluding carboxylic acids is 2. The zero-order valence-electron chi connectivity index (χ0n) is 13.6. The molecule has 0 heterocycles. The maximum Gasteiger partial charge on any atom is 0.387 e. The van der Waals surface area contributed by atoms with Gasteiger partial charge in [-0.1, -0.05) is 18.2 Å². The monoisotopic (exact) mass is 364 g/mol. The van der Waals surface area contributed by atoms with Crippen LogP contribution in [-0.2, 0) is 4.79 Å². The van der Waals surface area contributed by atoms with Gasteiger partial charge in [0.15, 0.2) is 0 Å². The lowest BCUT2D eigenvalue weighted by Crippen LogP contribution is -2.15. The number of benzene rings is 2. The van der Waals surface area contributed by atoms with Crippen molar-refractivity contribution in [2.45, 2.75) is 13.5 Å². The number of anilines is 1. The Morgan fingerprint density at radius 1 is 1.23 bits per heavy atom. The van der Waals surface area contributed by atoms with Crippen molar-refractivity contribution >= 4 is 23.6 Å². The van der Waals surface area contributed by atoms with Gasteiger partial charge in [-0.25, -0.2) is 4.39 Å². The largest absolute Gasteiger partial charge is 0.434 e. The summed E-state index contributed by atoms with van der Waals surface area (Å²) in [7, 11) is 0. The highest BCUT2D eigenvalue weighted by Crippen LogP contribution is 2.23. The summed E-state index contributed by atoms with van der Waals surface area (Å²) in [5, 5.41) is 2.41. The smallest absolute Gasteiger partial charge is 0.387 e. The number of hydrogen-bond donors (Lipinski definition) is 2. The average Bonchev–Trinajstić information content (AvgIpc) is 2.57. The summed E-state index contributed by atoms with van der Waals surface area (Å²) in [4.78, 5) is 23.2. The first-order valence-electron chi connectivity index (χ1n) is 7.40. The van der Waals surface area contributed by atoms with Crippen molar-refractivity contribution in [3.63, 3.8) is 0 Å². The van der Waals surface area contributed by atoms with Gasteiger partial charge in [-0.3, -0.25) is 9.59 Å². The number of carbonyl (C=O) groups is 2. The molecule has 0 saturated carbocycles. The molecule has 5 nitrogen and oxygen atoms in total. The van der Waals surface area contributed by atoms with Crippen molar-refractivity contribution in [1.82, 2.24) is 0 Å². The summed E-state index contributed by atoms with van der Waals surface area (Å²) < 4.78 is 42.9. The van der Waals surface area contributed by atoms with E-state index in [1.807, 2.05) is 0 Å². The van der Waals surface area contributed by atoms with E-state index >= 15 is 0 Å². The number of primary amides is 1. The zero-order valence-corrected chi connectivity index (χ0v) is 13.6. The number of rotatable bonds is 6. The van der Waals surface area contributed by atoms with E-state index in [0.29, 0.717) is 0 Å². The molecule has 0 fully saturated rings. The summed E-state index contributed by atoms with van der Waals surface area (Å²) in [6.07, 6.45) is 2.35. The number of nitrogens with one attached hydrogen (secondary N) is 1. The zero-order chi connectivity index (χ0) is 19.3. The Kier molecular flexibility index (Phi) is 6.00. The molecule has 0 saturated heterocycles.